The molecule has 150 valence electrons. The number of amides is 2. The van der Waals surface area contributed by atoms with Crippen molar-refractivity contribution in [2.45, 2.75) is 39.1 Å². The third-order valence-corrected chi connectivity index (χ3v) is 4.61. The Morgan fingerprint density at radius 1 is 1.29 bits per heavy atom. The van der Waals surface area contributed by atoms with Crippen LogP contribution in [0.1, 0.15) is 19.4 Å². The first-order valence-electron chi connectivity index (χ1n) is 9.18. The Balaban J connectivity index is 1.70. The van der Waals surface area contributed by atoms with Crippen LogP contribution in [0.5, 0.6) is 0 Å². The molecule has 1 aromatic heterocycles. The molecule has 28 heavy (non-hydrogen) atoms. The number of rotatable bonds is 6. The number of aromatic nitrogens is 3. The average Bonchev–Trinajstić information content (AvgIpc) is 3.10. The first-order chi connectivity index (χ1) is 13.4. The van der Waals surface area contributed by atoms with E-state index in [1.165, 1.54) is 34.4 Å². The summed E-state index contributed by atoms with van der Waals surface area (Å²) in [5.41, 5.74) is 0.827. The van der Waals surface area contributed by atoms with Gasteiger partial charge in [0.05, 0.1) is 19.3 Å². The monoisotopic (exact) mass is 389 g/mol. The van der Waals surface area contributed by atoms with E-state index in [4.69, 9.17) is 4.74 Å². The van der Waals surface area contributed by atoms with Gasteiger partial charge in [-0.15, -0.1) is 0 Å². The standard InChI is InChI=1S/C19H24FN5O3/c1-14(2)25-8-17(28-11-15-3-5-16(20)6-4-15)7-23(9-19(25)27)18(26)10-24-13-21-12-22-24/h3-6,12-14,17H,7-11H2,1-2H3/t17-/m0/s1. The van der Waals surface area contributed by atoms with Gasteiger partial charge in [-0.25, -0.2) is 14.1 Å². The lowest BCUT2D eigenvalue weighted by Gasteiger charge is -2.27. The third-order valence-electron chi connectivity index (χ3n) is 4.61. The molecule has 0 spiro atoms. The summed E-state index contributed by atoms with van der Waals surface area (Å²) in [6.45, 7) is 4.84. The molecule has 2 amide bonds. The molecule has 1 aliphatic rings. The lowest BCUT2D eigenvalue weighted by atomic mass is 10.2. The molecule has 1 fully saturated rings. The van der Waals surface area contributed by atoms with E-state index < -0.39 is 0 Å². The lowest BCUT2D eigenvalue weighted by Crippen LogP contribution is -2.43. The van der Waals surface area contributed by atoms with Gasteiger partial charge in [0, 0.05) is 19.1 Å². The predicted molar refractivity (Wildman–Crippen MR) is 98.4 cm³/mol. The minimum atomic E-state index is -0.349. The molecule has 0 unspecified atom stereocenters. The van der Waals surface area contributed by atoms with Gasteiger partial charge < -0.3 is 14.5 Å². The van der Waals surface area contributed by atoms with Gasteiger partial charge in [0.25, 0.3) is 0 Å². The van der Waals surface area contributed by atoms with Crippen LogP contribution in [0, 0.1) is 5.82 Å². The molecule has 0 N–H and O–H groups in total. The van der Waals surface area contributed by atoms with Gasteiger partial charge in [-0.05, 0) is 31.5 Å². The molecule has 1 aliphatic heterocycles. The number of benzene rings is 1. The summed E-state index contributed by atoms with van der Waals surface area (Å²) in [5.74, 6) is -0.644. The molecule has 1 atom stereocenters. The van der Waals surface area contributed by atoms with Crippen LogP contribution in [0.25, 0.3) is 0 Å². The summed E-state index contributed by atoms with van der Waals surface area (Å²) in [4.78, 5) is 32.3. The second kappa shape index (κ2) is 8.92. The Bertz CT molecular complexity index is 794. The maximum Gasteiger partial charge on any atom is 0.244 e. The smallest absolute Gasteiger partial charge is 0.244 e. The fourth-order valence-electron chi connectivity index (χ4n) is 3.09. The Morgan fingerprint density at radius 3 is 2.68 bits per heavy atom. The van der Waals surface area contributed by atoms with Gasteiger partial charge in [-0.3, -0.25) is 9.59 Å². The van der Waals surface area contributed by atoms with E-state index >= 15 is 0 Å². The lowest BCUT2D eigenvalue weighted by molar-refractivity contribution is -0.140. The van der Waals surface area contributed by atoms with Crippen molar-refractivity contribution >= 4 is 11.8 Å². The van der Waals surface area contributed by atoms with Crippen LogP contribution >= 0.6 is 0 Å². The van der Waals surface area contributed by atoms with Crippen LogP contribution in [0.4, 0.5) is 4.39 Å². The zero-order valence-corrected chi connectivity index (χ0v) is 16.0. The Hall–Kier alpha value is -2.81. The zero-order valence-electron chi connectivity index (χ0n) is 16.0. The molecule has 2 aromatic rings. The van der Waals surface area contributed by atoms with Gasteiger partial charge in [0.2, 0.25) is 11.8 Å². The van der Waals surface area contributed by atoms with Crippen molar-refractivity contribution in [1.29, 1.82) is 0 Å². The first-order valence-corrected chi connectivity index (χ1v) is 9.18. The summed E-state index contributed by atoms with van der Waals surface area (Å²) in [6, 6.07) is 6.07. The first kappa shape index (κ1) is 19.9. The summed E-state index contributed by atoms with van der Waals surface area (Å²) in [5, 5.41) is 3.94. The summed E-state index contributed by atoms with van der Waals surface area (Å²) in [7, 11) is 0. The quantitative estimate of drug-likeness (QED) is 0.739. The highest BCUT2D eigenvalue weighted by Gasteiger charge is 2.32. The Kier molecular flexibility index (Phi) is 6.35. The number of hydrogen-bond donors (Lipinski definition) is 0. The maximum absolute atomic E-state index is 13.1. The highest BCUT2D eigenvalue weighted by Crippen LogP contribution is 2.14. The number of carbonyl (C=O) groups excluding carboxylic acids is 2. The van der Waals surface area contributed by atoms with Crippen LogP contribution in [0.3, 0.4) is 0 Å². The Labute approximate surface area is 162 Å². The van der Waals surface area contributed by atoms with Gasteiger partial charge in [-0.1, -0.05) is 12.1 Å². The molecular weight excluding hydrogens is 365 g/mol. The van der Waals surface area contributed by atoms with Crippen molar-refractivity contribution in [1.82, 2.24) is 24.6 Å². The average molecular weight is 389 g/mol. The number of carbonyl (C=O) groups is 2. The van der Waals surface area contributed by atoms with Crippen molar-refractivity contribution in [2.75, 3.05) is 19.6 Å². The van der Waals surface area contributed by atoms with Crippen molar-refractivity contribution in [3.05, 3.63) is 48.3 Å². The fraction of sp³-hybridized carbons (Fsp3) is 0.474. The van der Waals surface area contributed by atoms with E-state index in [1.807, 2.05) is 13.8 Å². The topological polar surface area (TPSA) is 80.6 Å². The highest BCUT2D eigenvalue weighted by atomic mass is 19.1. The minimum absolute atomic E-state index is 0.00210. The molecule has 0 radical (unpaired) electrons. The number of hydrogen-bond acceptors (Lipinski definition) is 5. The molecule has 0 bridgehead atoms. The van der Waals surface area contributed by atoms with E-state index in [0.717, 1.165) is 5.56 Å². The van der Waals surface area contributed by atoms with Crippen molar-refractivity contribution in [2.24, 2.45) is 0 Å². The molecule has 2 heterocycles. The SMILES string of the molecule is CC(C)N1C[C@@H](OCc2ccc(F)cc2)CN(C(=O)Cn2cncn2)CC1=O. The van der Waals surface area contributed by atoms with Gasteiger partial charge >= 0.3 is 0 Å². The summed E-state index contributed by atoms with van der Waals surface area (Å²) < 4.78 is 20.5. The number of ether oxygens (including phenoxy) is 1. The number of halogens is 1. The zero-order chi connectivity index (χ0) is 20.1. The van der Waals surface area contributed by atoms with Crippen LogP contribution in [-0.2, 0) is 27.5 Å². The number of nitrogens with zero attached hydrogens (tertiary/aromatic N) is 5. The molecule has 3 rings (SSSR count). The summed E-state index contributed by atoms with van der Waals surface area (Å²) in [6.07, 6.45) is 2.47. The molecule has 9 heteroatoms. The predicted octanol–water partition coefficient (Wildman–Crippen LogP) is 1.08. The third kappa shape index (κ3) is 5.13. The molecule has 0 aliphatic carbocycles. The van der Waals surface area contributed by atoms with E-state index in [1.54, 1.807) is 17.0 Å². The molecular formula is C19H24FN5O3. The van der Waals surface area contributed by atoms with Crippen molar-refractivity contribution < 1.29 is 18.7 Å². The highest BCUT2D eigenvalue weighted by molar-refractivity contribution is 5.85. The molecule has 1 aromatic carbocycles. The van der Waals surface area contributed by atoms with Crippen LogP contribution in [0.2, 0.25) is 0 Å². The van der Waals surface area contributed by atoms with Crippen molar-refractivity contribution in [3.63, 3.8) is 0 Å². The van der Waals surface area contributed by atoms with Gasteiger partial charge in [-0.2, -0.15) is 5.10 Å². The fourth-order valence-corrected chi connectivity index (χ4v) is 3.09. The normalized spacial score (nSPS) is 17.9. The largest absolute Gasteiger partial charge is 0.370 e. The van der Waals surface area contributed by atoms with Crippen LogP contribution in [-0.4, -0.2) is 68.2 Å². The van der Waals surface area contributed by atoms with E-state index in [-0.39, 0.29) is 49.5 Å². The molecule has 8 nitrogen and oxygen atoms in total. The maximum atomic E-state index is 13.1. The molecule has 0 saturated carbocycles. The Morgan fingerprint density at radius 2 is 2.04 bits per heavy atom. The van der Waals surface area contributed by atoms with E-state index in [0.29, 0.717) is 13.1 Å². The van der Waals surface area contributed by atoms with Crippen molar-refractivity contribution in [3.8, 4) is 0 Å². The van der Waals surface area contributed by atoms with Gasteiger partial charge in [0.1, 0.15) is 25.0 Å². The van der Waals surface area contributed by atoms with Crippen LogP contribution in [0.15, 0.2) is 36.9 Å². The van der Waals surface area contributed by atoms with Gasteiger partial charge in [0.15, 0.2) is 0 Å². The second-order valence-electron chi connectivity index (χ2n) is 7.07. The van der Waals surface area contributed by atoms with E-state index in [2.05, 4.69) is 10.1 Å². The summed E-state index contributed by atoms with van der Waals surface area (Å²) >= 11 is 0. The van der Waals surface area contributed by atoms with E-state index in [9.17, 15) is 14.0 Å². The second-order valence-corrected chi connectivity index (χ2v) is 7.07. The minimum Gasteiger partial charge on any atom is -0.370 e. The molecule has 1 saturated heterocycles. The van der Waals surface area contributed by atoms with Crippen LogP contribution < -0.4 is 0 Å².